The van der Waals surface area contributed by atoms with Gasteiger partial charge in [0.2, 0.25) is 0 Å². The number of hydrogen-bond donors (Lipinski definition) is 1. The van der Waals surface area contributed by atoms with Crippen LogP contribution in [0.5, 0.6) is 5.75 Å². The van der Waals surface area contributed by atoms with Gasteiger partial charge in [0.15, 0.2) is 0 Å². The number of rotatable bonds is 7. The number of nitrogens with zero attached hydrogens (tertiary/aromatic N) is 1. The van der Waals surface area contributed by atoms with Gasteiger partial charge in [-0.25, -0.2) is 0 Å². The lowest BCUT2D eigenvalue weighted by Crippen LogP contribution is -2.26. The van der Waals surface area contributed by atoms with Crippen molar-refractivity contribution in [3.8, 4) is 5.75 Å². The van der Waals surface area contributed by atoms with E-state index >= 15 is 0 Å². The number of hydrogen-bond acceptors (Lipinski definition) is 3. The van der Waals surface area contributed by atoms with Gasteiger partial charge >= 0.3 is 0 Å². The minimum atomic E-state index is -0.202. The second-order valence-corrected chi connectivity index (χ2v) is 7.29. The first-order valence-electron chi connectivity index (χ1n) is 8.95. The zero-order valence-corrected chi connectivity index (χ0v) is 15.5. The number of likely N-dealkylation sites (N-methyl/N-ethyl adjacent to an activating group) is 1. The van der Waals surface area contributed by atoms with Gasteiger partial charge in [-0.05, 0) is 62.1 Å². The van der Waals surface area contributed by atoms with Crippen LogP contribution in [0.2, 0.25) is 5.02 Å². The van der Waals surface area contributed by atoms with Gasteiger partial charge in [0.05, 0.1) is 12.7 Å². The highest BCUT2D eigenvalue weighted by atomic mass is 35.5. The monoisotopic (exact) mass is 359 g/mol. The fourth-order valence-corrected chi connectivity index (χ4v) is 3.70. The molecule has 134 valence electrons. The number of benzene rings is 2. The summed E-state index contributed by atoms with van der Waals surface area (Å²) < 4.78 is 6.06. The Hall–Kier alpha value is -1.55. The molecule has 1 saturated heterocycles. The van der Waals surface area contributed by atoms with Crippen molar-refractivity contribution in [2.24, 2.45) is 0 Å². The molecule has 0 radical (unpaired) electrons. The maximum Gasteiger partial charge on any atom is 0.122 e. The third-order valence-electron chi connectivity index (χ3n) is 4.92. The Morgan fingerprint density at radius 1 is 1.16 bits per heavy atom. The number of aliphatic hydroxyl groups excluding tert-OH is 1. The summed E-state index contributed by atoms with van der Waals surface area (Å²) in [5.41, 5.74) is 2.46. The molecule has 2 atom stereocenters. The highest BCUT2D eigenvalue weighted by Crippen LogP contribution is 2.26. The van der Waals surface area contributed by atoms with Gasteiger partial charge in [-0.3, -0.25) is 0 Å². The smallest absolute Gasteiger partial charge is 0.122 e. The molecule has 1 N–H and O–H groups in total. The zero-order chi connectivity index (χ0) is 17.6. The van der Waals surface area contributed by atoms with Crippen LogP contribution >= 0.6 is 11.6 Å². The molecule has 2 aromatic carbocycles. The van der Waals surface area contributed by atoms with E-state index in [-0.39, 0.29) is 6.10 Å². The standard InChI is InChI=1S/C21H26ClNO2/c1-23-15-20(24)14-19(23)11-12-25-21-10-9-18(22)13-17(21)8-7-16-5-3-2-4-6-16/h2-6,9-10,13,19-20,24H,7-8,11-12,14-15H2,1H3/t19-,20-/m1/s1. The fourth-order valence-electron chi connectivity index (χ4n) is 3.50. The summed E-state index contributed by atoms with van der Waals surface area (Å²) in [7, 11) is 2.06. The second kappa shape index (κ2) is 8.70. The predicted molar refractivity (Wildman–Crippen MR) is 102 cm³/mol. The van der Waals surface area contributed by atoms with Crippen LogP contribution in [-0.2, 0) is 12.8 Å². The van der Waals surface area contributed by atoms with Crippen molar-refractivity contribution >= 4 is 11.6 Å². The first-order valence-corrected chi connectivity index (χ1v) is 9.33. The largest absolute Gasteiger partial charge is 0.493 e. The molecule has 0 unspecified atom stereocenters. The van der Waals surface area contributed by atoms with Crippen molar-refractivity contribution in [2.45, 2.75) is 37.8 Å². The molecule has 0 aliphatic carbocycles. The maximum absolute atomic E-state index is 9.74. The van der Waals surface area contributed by atoms with E-state index in [0.29, 0.717) is 12.6 Å². The van der Waals surface area contributed by atoms with E-state index in [9.17, 15) is 5.11 Å². The molecular formula is C21H26ClNO2. The Morgan fingerprint density at radius 3 is 2.68 bits per heavy atom. The third kappa shape index (κ3) is 5.21. The normalized spacial score (nSPS) is 20.8. The summed E-state index contributed by atoms with van der Waals surface area (Å²) in [5.74, 6) is 0.918. The van der Waals surface area contributed by atoms with Crippen LogP contribution in [0.15, 0.2) is 48.5 Å². The van der Waals surface area contributed by atoms with Crippen LogP contribution in [0.25, 0.3) is 0 Å². The number of β-amino-alcohol motifs (C(OH)–C–C–N with tert-alkyl or cyclic N) is 1. The Morgan fingerprint density at radius 2 is 1.96 bits per heavy atom. The summed E-state index contributed by atoms with van der Waals surface area (Å²) in [6, 6.07) is 16.7. The van der Waals surface area contributed by atoms with Crippen LogP contribution in [0, 0.1) is 0 Å². The highest BCUT2D eigenvalue weighted by Gasteiger charge is 2.27. The molecule has 1 fully saturated rings. The van der Waals surface area contributed by atoms with Crippen LogP contribution in [0.1, 0.15) is 24.0 Å². The minimum absolute atomic E-state index is 0.202. The molecule has 1 heterocycles. The van der Waals surface area contributed by atoms with Gasteiger partial charge < -0.3 is 14.7 Å². The van der Waals surface area contributed by atoms with Crippen molar-refractivity contribution in [3.63, 3.8) is 0 Å². The van der Waals surface area contributed by atoms with E-state index in [0.717, 1.165) is 48.6 Å². The minimum Gasteiger partial charge on any atom is -0.493 e. The Kier molecular flexibility index (Phi) is 6.35. The van der Waals surface area contributed by atoms with Gasteiger partial charge in [-0.2, -0.15) is 0 Å². The van der Waals surface area contributed by atoms with Crippen molar-refractivity contribution in [1.82, 2.24) is 4.90 Å². The van der Waals surface area contributed by atoms with E-state index < -0.39 is 0 Å². The van der Waals surface area contributed by atoms with Crippen LogP contribution < -0.4 is 4.74 Å². The lowest BCUT2D eigenvalue weighted by atomic mass is 10.0. The Balaban J connectivity index is 1.57. The number of aryl methyl sites for hydroxylation is 2. The summed E-state index contributed by atoms with van der Waals surface area (Å²) in [4.78, 5) is 2.21. The van der Waals surface area contributed by atoms with E-state index in [2.05, 4.69) is 36.2 Å². The second-order valence-electron chi connectivity index (χ2n) is 6.86. The molecule has 4 heteroatoms. The van der Waals surface area contributed by atoms with Crippen LogP contribution in [-0.4, -0.2) is 42.4 Å². The lowest BCUT2D eigenvalue weighted by Gasteiger charge is -2.19. The Bertz CT molecular complexity index is 677. The van der Waals surface area contributed by atoms with Crippen molar-refractivity contribution in [2.75, 3.05) is 20.2 Å². The van der Waals surface area contributed by atoms with E-state index in [1.165, 1.54) is 5.56 Å². The molecule has 2 aromatic rings. The highest BCUT2D eigenvalue weighted by molar-refractivity contribution is 6.30. The third-order valence-corrected chi connectivity index (χ3v) is 5.16. The zero-order valence-electron chi connectivity index (χ0n) is 14.7. The molecule has 3 nitrogen and oxygen atoms in total. The van der Waals surface area contributed by atoms with Crippen molar-refractivity contribution < 1.29 is 9.84 Å². The SMILES string of the molecule is CN1C[C@H](O)C[C@H]1CCOc1ccc(Cl)cc1CCc1ccccc1. The van der Waals surface area contributed by atoms with Crippen LogP contribution in [0.3, 0.4) is 0 Å². The fraction of sp³-hybridized carbons (Fsp3) is 0.429. The van der Waals surface area contributed by atoms with Crippen molar-refractivity contribution in [3.05, 3.63) is 64.7 Å². The van der Waals surface area contributed by atoms with E-state index in [1.54, 1.807) is 0 Å². The predicted octanol–water partition coefficient (Wildman–Crippen LogP) is 3.96. The van der Waals surface area contributed by atoms with Gasteiger partial charge in [-0.1, -0.05) is 41.9 Å². The molecule has 0 spiro atoms. The molecule has 1 aliphatic heterocycles. The summed E-state index contributed by atoms with van der Waals surface area (Å²) in [6.07, 6.45) is 3.43. The molecular weight excluding hydrogens is 334 g/mol. The summed E-state index contributed by atoms with van der Waals surface area (Å²) >= 11 is 6.18. The van der Waals surface area contributed by atoms with Gasteiger partial charge in [0.25, 0.3) is 0 Å². The molecule has 0 aromatic heterocycles. The average molecular weight is 360 g/mol. The Labute approximate surface area is 155 Å². The molecule has 3 rings (SSSR count). The van der Waals surface area contributed by atoms with Gasteiger partial charge in [-0.15, -0.1) is 0 Å². The molecule has 25 heavy (non-hydrogen) atoms. The average Bonchev–Trinajstić information content (AvgIpc) is 2.93. The molecule has 0 saturated carbocycles. The van der Waals surface area contributed by atoms with Gasteiger partial charge in [0.1, 0.15) is 5.75 Å². The molecule has 1 aliphatic rings. The van der Waals surface area contributed by atoms with Crippen LogP contribution in [0.4, 0.5) is 0 Å². The summed E-state index contributed by atoms with van der Waals surface area (Å²) in [5, 5.41) is 10.5. The van der Waals surface area contributed by atoms with Crippen molar-refractivity contribution in [1.29, 1.82) is 0 Å². The van der Waals surface area contributed by atoms with E-state index in [1.807, 2.05) is 24.3 Å². The van der Waals surface area contributed by atoms with Gasteiger partial charge in [0, 0.05) is 17.6 Å². The number of aliphatic hydroxyl groups is 1. The first-order chi connectivity index (χ1) is 12.1. The topological polar surface area (TPSA) is 32.7 Å². The number of ether oxygens (including phenoxy) is 1. The molecule has 0 bridgehead atoms. The lowest BCUT2D eigenvalue weighted by molar-refractivity contribution is 0.182. The number of likely N-dealkylation sites (tertiary alicyclic amines) is 1. The quantitative estimate of drug-likeness (QED) is 0.812. The first kappa shape index (κ1) is 18.2. The maximum atomic E-state index is 9.74. The van der Waals surface area contributed by atoms with E-state index in [4.69, 9.17) is 16.3 Å². The number of halogens is 1. The summed E-state index contributed by atoms with van der Waals surface area (Å²) in [6.45, 7) is 1.41. The molecule has 0 amide bonds.